The van der Waals surface area contributed by atoms with Gasteiger partial charge >= 0.3 is 0 Å². The van der Waals surface area contributed by atoms with Gasteiger partial charge in [0.1, 0.15) is 0 Å². The van der Waals surface area contributed by atoms with Crippen molar-refractivity contribution in [2.45, 2.75) is 53.9 Å². The minimum absolute atomic E-state index is 0.446. The Morgan fingerprint density at radius 2 is 1.94 bits per heavy atom. The summed E-state index contributed by atoms with van der Waals surface area (Å²) in [5.74, 6) is 0.752. The molecule has 0 aliphatic carbocycles. The van der Waals surface area contributed by atoms with Crippen molar-refractivity contribution in [2.75, 3.05) is 13.1 Å². The van der Waals surface area contributed by atoms with E-state index in [1.54, 1.807) is 0 Å². The maximum Gasteiger partial charge on any atom is 0.00482 e. The number of rotatable bonds is 8. The van der Waals surface area contributed by atoms with Crippen LogP contribution in [0.4, 0.5) is 0 Å². The van der Waals surface area contributed by atoms with Crippen LogP contribution in [-0.2, 0) is 6.42 Å². The highest BCUT2D eigenvalue weighted by molar-refractivity contribution is 7.11. The third kappa shape index (κ3) is 6.55. The van der Waals surface area contributed by atoms with Crippen LogP contribution in [0.15, 0.2) is 12.1 Å². The van der Waals surface area contributed by atoms with Crippen LogP contribution < -0.4 is 5.32 Å². The molecular weight excluding hydrogens is 238 g/mol. The SMILES string of the molecule is Cc1ccc(CCC(C)(C)CCNCC(C)C)s1. The fourth-order valence-electron chi connectivity index (χ4n) is 2.02. The second kappa shape index (κ2) is 7.30. The molecule has 1 heterocycles. The molecule has 1 N–H and O–H groups in total. The lowest BCUT2D eigenvalue weighted by Gasteiger charge is -2.24. The summed E-state index contributed by atoms with van der Waals surface area (Å²) in [6.45, 7) is 13.8. The molecule has 18 heavy (non-hydrogen) atoms. The lowest BCUT2D eigenvalue weighted by atomic mass is 9.84. The second-order valence-electron chi connectivity index (χ2n) is 6.52. The Hall–Kier alpha value is -0.340. The van der Waals surface area contributed by atoms with E-state index in [0.29, 0.717) is 5.41 Å². The van der Waals surface area contributed by atoms with Crippen molar-refractivity contribution in [2.24, 2.45) is 11.3 Å². The molecule has 0 fully saturated rings. The Balaban J connectivity index is 2.22. The van der Waals surface area contributed by atoms with Gasteiger partial charge in [-0.15, -0.1) is 11.3 Å². The normalized spacial score (nSPS) is 12.3. The van der Waals surface area contributed by atoms with Crippen LogP contribution in [0.25, 0.3) is 0 Å². The van der Waals surface area contributed by atoms with Gasteiger partial charge in [0, 0.05) is 9.75 Å². The molecule has 2 heteroatoms. The highest BCUT2D eigenvalue weighted by atomic mass is 32.1. The summed E-state index contributed by atoms with van der Waals surface area (Å²) >= 11 is 1.95. The van der Waals surface area contributed by atoms with Crippen molar-refractivity contribution < 1.29 is 0 Å². The molecule has 1 aromatic rings. The summed E-state index contributed by atoms with van der Waals surface area (Å²) < 4.78 is 0. The van der Waals surface area contributed by atoms with Gasteiger partial charge in [-0.1, -0.05) is 27.7 Å². The molecule has 1 aromatic heterocycles. The first-order valence-corrected chi connectivity index (χ1v) is 7.97. The lowest BCUT2D eigenvalue weighted by Crippen LogP contribution is -2.25. The van der Waals surface area contributed by atoms with Gasteiger partial charge in [0.15, 0.2) is 0 Å². The standard InChI is InChI=1S/C16H29NS/c1-13(2)12-17-11-10-16(4,5)9-8-15-7-6-14(3)18-15/h6-7,13,17H,8-12H2,1-5H3. The van der Waals surface area contributed by atoms with Gasteiger partial charge in [-0.2, -0.15) is 0 Å². The van der Waals surface area contributed by atoms with Gasteiger partial charge in [-0.25, -0.2) is 0 Å². The Bertz CT molecular complexity index is 339. The van der Waals surface area contributed by atoms with Crippen LogP contribution in [-0.4, -0.2) is 13.1 Å². The number of nitrogens with one attached hydrogen (secondary N) is 1. The average Bonchev–Trinajstić information content (AvgIpc) is 2.68. The molecular formula is C16H29NS. The summed E-state index contributed by atoms with van der Waals surface area (Å²) in [5, 5.41) is 3.55. The van der Waals surface area contributed by atoms with E-state index >= 15 is 0 Å². The predicted octanol–water partition coefficient (Wildman–Crippen LogP) is 4.65. The summed E-state index contributed by atoms with van der Waals surface area (Å²) in [6, 6.07) is 4.52. The quantitative estimate of drug-likeness (QED) is 0.676. The van der Waals surface area contributed by atoms with Crippen molar-refractivity contribution in [1.29, 1.82) is 0 Å². The molecule has 0 unspecified atom stereocenters. The minimum Gasteiger partial charge on any atom is -0.316 e. The van der Waals surface area contributed by atoms with Crippen LogP contribution in [0.1, 0.15) is 50.3 Å². The molecule has 1 rings (SSSR count). The van der Waals surface area contributed by atoms with E-state index < -0.39 is 0 Å². The molecule has 0 saturated carbocycles. The monoisotopic (exact) mass is 267 g/mol. The summed E-state index contributed by atoms with van der Waals surface area (Å²) in [5.41, 5.74) is 0.446. The van der Waals surface area contributed by atoms with Gasteiger partial charge in [0.25, 0.3) is 0 Å². The molecule has 0 atom stereocenters. The molecule has 0 saturated heterocycles. The largest absolute Gasteiger partial charge is 0.316 e. The average molecular weight is 267 g/mol. The third-order valence-corrected chi connectivity index (χ3v) is 4.44. The number of hydrogen-bond acceptors (Lipinski definition) is 2. The summed E-state index contributed by atoms with van der Waals surface area (Å²) in [6.07, 6.45) is 3.79. The topological polar surface area (TPSA) is 12.0 Å². The van der Waals surface area contributed by atoms with Crippen molar-refractivity contribution in [3.05, 3.63) is 21.9 Å². The van der Waals surface area contributed by atoms with Crippen LogP contribution in [0.3, 0.4) is 0 Å². The molecule has 0 aliphatic heterocycles. The first kappa shape index (κ1) is 15.7. The maximum atomic E-state index is 3.55. The van der Waals surface area contributed by atoms with Gasteiger partial charge < -0.3 is 5.32 Å². The second-order valence-corrected chi connectivity index (χ2v) is 7.90. The third-order valence-electron chi connectivity index (χ3n) is 3.38. The van der Waals surface area contributed by atoms with E-state index in [4.69, 9.17) is 0 Å². The molecule has 0 bridgehead atoms. The fourth-order valence-corrected chi connectivity index (χ4v) is 2.91. The molecule has 0 amide bonds. The van der Waals surface area contributed by atoms with Crippen LogP contribution in [0, 0.1) is 18.3 Å². The van der Waals surface area contributed by atoms with E-state index in [0.717, 1.165) is 19.0 Å². The Morgan fingerprint density at radius 1 is 1.22 bits per heavy atom. The molecule has 0 spiro atoms. The lowest BCUT2D eigenvalue weighted by molar-refractivity contribution is 0.300. The van der Waals surface area contributed by atoms with E-state index in [1.807, 2.05) is 11.3 Å². The molecule has 104 valence electrons. The van der Waals surface area contributed by atoms with Crippen molar-refractivity contribution in [3.8, 4) is 0 Å². The van der Waals surface area contributed by atoms with Crippen LogP contribution >= 0.6 is 11.3 Å². The van der Waals surface area contributed by atoms with Crippen molar-refractivity contribution in [3.63, 3.8) is 0 Å². The number of hydrogen-bond donors (Lipinski definition) is 1. The van der Waals surface area contributed by atoms with Gasteiger partial charge in [0.2, 0.25) is 0 Å². The molecule has 0 aromatic carbocycles. The Labute approximate surface area is 117 Å². The van der Waals surface area contributed by atoms with E-state index in [-0.39, 0.29) is 0 Å². The van der Waals surface area contributed by atoms with Gasteiger partial charge in [0.05, 0.1) is 0 Å². The van der Waals surface area contributed by atoms with Crippen LogP contribution in [0.2, 0.25) is 0 Å². The fraction of sp³-hybridized carbons (Fsp3) is 0.750. The van der Waals surface area contributed by atoms with E-state index in [2.05, 4.69) is 52.1 Å². The smallest absolute Gasteiger partial charge is 0.00482 e. The van der Waals surface area contributed by atoms with Crippen molar-refractivity contribution >= 4 is 11.3 Å². The van der Waals surface area contributed by atoms with Gasteiger partial charge in [-0.3, -0.25) is 0 Å². The molecule has 1 nitrogen and oxygen atoms in total. The highest BCUT2D eigenvalue weighted by Crippen LogP contribution is 2.28. The van der Waals surface area contributed by atoms with Crippen molar-refractivity contribution in [1.82, 2.24) is 5.32 Å². The zero-order chi connectivity index (χ0) is 13.6. The summed E-state index contributed by atoms with van der Waals surface area (Å²) in [4.78, 5) is 2.97. The zero-order valence-electron chi connectivity index (χ0n) is 12.7. The van der Waals surface area contributed by atoms with Gasteiger partial charge in [-0.05, 0) is 62.7 Å². The first-order chi connectivity index (χ1) is 8.39. The predicted molar refractivity (Wildman–Crippen MR) is 83.5 cm³/mol. The highest BCUT2D eigenvalue weighted by Gasteiger charge is 2.17. The Morgan fingerprint density at radius 3 is 2.50 bits per heavy atom. The zero-order valence-corrected chi connectivity index (χ0v) is 13.5. The molecule has 0 aliphatic rings. The van der Waals surface area contributed by atoms with Crippen LogP contribution in [0.5, 0.6) is 0 Å². The number of aryl methyl sites for hydroxylation is 2. The van der Waals surface area contributed by atoms with E-state index in [9.17, 15) is 0 Å². The first-order valence-electron chi connectivity index (χ1n) is 7.15. The maximum absolute atomic E-state index is 3.55. The number of thiophene rings is 1. The summed E-state index contributed by atoms with van der Waals surface area (Å²) in [7, 11) is 0. The Kier molecular flexibility index (Phi) is 6.37. The minimum atomic E-state index is 0.446. The molecule has 0 radical (unpaired) electrons. The van der Waals surface area contributed by atoms with E-state index in [1.165, 1.54) is 29.0 Å².